The lowest BCUT2D eigenvalue weighted by Gasteiger charge is -2.12. The molecule has 0 radical (unpaired) electrons. The molecular weight excluding hydrogens is 360 g/mol. The van der Waals surface area contributed by atoms with E-state index in [0.717, 1.165) is 17.7 Å². The highest BCUT2D eigenvalue weighted by Crippen LogP contribution is 2.31. The monoisotopic (exact) mass is 369 g/mol. The Morgan fingerprint density at radius 2 is 2.09 bits per heavy atom. The molecule has 114 valence electrons. The number of carbonyl (C=O) groups excluding carboxylic acids is 1. The van der Waals surface area contributed by atoms with E-state index in [9.17, 15) is 13.6 Å². The van der Waals surface area contributed by atoms with E-state index >= 15 is 0 Å². The minimum Gasteiger partial charge on any atom is -0.464 e. The van der Waals surface area contributed by atoms with Crippen molar-refractivity contribution < 1.29 is 18.3 Å². The predicted octanol–water partition coefficient (Wildman–Crippen LogP) is 3.07. The van der Waals surface area contributed by atoms with Gasteiger partial charge < -0.3 is 15.0 Å². The summed E-state index contributed by atoms with van der Waals surface area (Å²) in [5.41, 5.74) is 5.03. The van der Waals surface area contributed by atoms with Crippen molar-refractivity contribution in [2.24, 2.45) is 0 Å². The van der Waals surface area contributed by atoms with Gasteiger partial charge in [0.05, 0.1) is 28.5 Å². The van der Waals surface area contributed by atoms with Crippen LogP contribution in [-0.2, 0) is 4.74 Å². The molecule has 1 aromatic heterocycles. The Balaban J connectivity index is 2.85. The number of nitrogen functional groups attached to an aromatic ring is 1. The molecule has 2 aromatic rings. The highest BCUT2D eigenvalue weighted by Gasteiger charge is 2.25. The number of hydrogen-bond donors (Lipinski definition) is 1. The molecular formula is C14H10BrF2N3O2. The molecule has 0 aliphatic rings. The summed E-state index contributed by atoms with van der Waals surface area (Å²) in [6.45, 7) is 1.26. The zero-order chi connectivity index (χ0) is 16.6. The summed E-state index contributed by atoms with van der Waals surface area (Å²) in [6, 6.07) is 2.96. The van der Waals surface area contributed by atoms with Gasteiger partial charge in [0.15, 0.2) is 11.5 Å². The highest BCUT2D eigenvalue weighted by atomic mass is 79.9. The second kappa shape index (κ2) is 5.77. The Bertz CT molecular complexity index is 825. The standard InChI is InChI=1S/C14H10BrF2N3O2/c1-6-10(16)8(15)3-9(11(6)17)20-5-7(4-18)12(19)13(20)14(21)22-2/h3,5H,19H2,1-2H3. The third-order valence-electron chi connectivity index (χ3n) is 3.16. The number of benzene rings is 1. The first kappa shape index (κ1) is 16.0. The number of methoxy groups -OCH3 is 1. The Labute approximate surface area is 133 Å². The molecule has 0 saturated heterocycles. The first-order valence-electron chi connectivity index (χ1n) is 5.97. The molecule has 1 heterocycles. The van der Waals surface area contributed by atoms with Crippen molar-refractivity contribution in [2.75, 3.05) is 12.8 Å². The van der Waals surface area contributed by atoms with Crippen molar-refractivity contribution in [3.8, 4) is 11.8 Å². The number of nitrogens with zero attached hydrogens (tertiary/aromatic N) is 2. The SMILES string of the molecule is COC(=O)c1c(N)c(C#N)cn1-c1cc(Br)c(F)c(C)c1F. The van der Waals surface area contributed by atoms with Crippen molar-refractivity contribution >= 4 is 27.6 Å². The van der Waals surface area contributed by atoms with Gasteiger partial charge in [-0.15, -0.1) is 0 Å². The molecule has 5 nitrogen and oxygen atoms in total. The quantitative estimate of drug-likeness (QED) is 0.651. The number of carbonyl (C=O) groups is 1. The maximum absolute atomic E-state index is 14.4. The van der Waals surface area contributed by atoms with E-state index < -0.39 is 17.6 Å². The summed E-state index contributed by atoms with van der Waals surface area (Å²) >= 11 is 2.98. The number of halogens is 3. The molecule has 0 saturated carbocycles. The zero-order valence-electron chi connectivity index (χ0n) is 11.6. The lowest BCUT2D eigenvalue weighted by atomic mass is 10.2. The largest absolute Gasteiger partial charge is 0.464 e. The van der Waals surface area contributed by atoms with Gasteiger partial charge in [0.2, 0.25) is 0 Å². The summed E-state index contributed by atoms with van der Waals surface area (Å²) < 4.78 is 33.8. The first-order chi connectivity index (χ1) is 10.3. The molecule has 0 spiro atoms. The van der Waals surface area contributed by atoms with E-state index in [1.165, 1.54) is 13.1 Å². The lowest BCUT2D eigenvalue weighted by Crippen LogP contribution is -2.12. The van der Waals surface area contributed by atoms with Crippen molar-refractivity contribution in [2.45, 2.75) is 6.92 Å². The molecule has 1 aromatic carbocycles. The van der Waals surface area contributed by atoms with Gasteiger partial charge >= 0.3 is 5.97 Å². The van der Waals surface area contributed by atoms with Crippen molar-refractivity contribution in [3.63, 3.8) is 0 Å². The Morgan fingerprint density at radius 3 is 2.64 bits per heavy atom. The molecule has 2 N–H and O–H groups in total. The summed E-state index contributed by atoms with van der Waals surface area (Å²) in [7, 11) is 1.13. The van der Waals surface area contributed by atoms with Crippen LogP contribution in [0.4, 0.5) is 14.5 Å². The normalized spacial score (nSPS) is 10.4. The molecule has 0 bridgehead atoms. The van der Waals surface area contributed by atoms with E-state index in [1.54, 1.807) is 6.07 Å². The number of aromatic nitrogens is 1. The number of hydrogen-bond acceptors (Lipinski definition) is 4. The Morgan fingerprint density at radius 1 is 1.45 bits per heavy atom. The lowest BCUT2D eigenvalue weighted by molar-refractivity contribution is 0.0593. The molecule has 22 heavy (non-hydrogen) atoms. The molecule has 0 aliphatic heterocycles. The van der Waals surface area contributed by atoms with Crippen molar-refractivity contribution in [3.05, 3.63) is 45.2 Å². The van der Waals surface area contributed by atoms with Crippen LogP contribution < -0.4 is 5.73 Å². The molecule has 2 rings (SSSR count). The predicted molar refractivity (Wildman–Crippen MR) is 78.6 cm³/mol. The zero-order valence-corrected chi connectivity index (χ0v) is 13.2. The Kier molecular flexibility index (Phi) is 4.19. The average Bonchev–Trinajstić information content (AvgIpc) is 2.84. The van der Waals surface area contributed by atoms with E-state index in [2.05, 4.69) is 20.7 Å². The molecule has 0 amide bonds. The summed E-state index contributed by atoms with van der Waals surface area (Å²) in [6.07, 6.45) is 1.20. The molecule has 0 unspecified atom stereocenters. The van der Waals surface area contributed by atoms with Gasteiger partial charge in [0.1, 0.15) is 11.9 Å². The smallest absolute Gasteiger partial charge is 0.357 e. The molecule has 8 heteroatoms. The summed E-state index contributed by atoms with van der Waals surface area (Å²) in [5.74, 6) is -2.46. The average molecular weight is 370 g/mol. The van der Waals surface area contributed by atoms with Crippen LogP contribution >= 0.6 is 15.9 Å². The number of anilines is 1. The van der Waals surface area contributed by atoms with Gasteiger partial charge in [-0.05, 0) is 28.9 Å². The molecule has 0 atom stereocenters. The molecule has 0 fully saturated rings. The number of ether oxygens (including phenoxy) is 1. The van der Waals surface area contributed by atoms with Crippen molar-refractivity contribution in [1.82, 2.24) is 4.57 Å². The second-order valence-corrected chi connectivity index (χ2v) is 5.26. The Hall–Kier alpha value is -2.40. The fourth-order valence-corrected chi connectivity index (χ4v) is 2.51. The first-order valence-corrected chi connectivity index (χ1v) is 6.76. The van der Waals surface area contributed by atoms with E-state index in [0.29, 0.717) is 0 Å². The maximum Gasteiger partial charge on any atom is 0.357 e. The van der Waals surface area contributed by atoms with Gasteiger partial charge in [-0.3, -0.25) is 0 Å². The van der Waals surface area contributed by atoms with Crippen LogP contribution in [0.5, 0.6) is 0 Å². The van der Waals surface area contributed by atoms with Crippen LogP contribution in [0.15, 0.2) is 16.7 Å². The van der Waals surface area contributed by atoms with Crippen LogP contribution in [0, 0.1) is 29.9 Å². The third kappa shape index (κ3) is 2.33. The summed E-state index contributed by atoms with van der Waals surface area (Å²) in [4.78, 5) is 11.9. The van der Waals surface area contributed by atoms with E-state index in [1.807, 2.05) is 0 Å². The molecule has 0 aliphatic carbocycles. The van der Waals surface area contributed by atoms with Crippen LogP contribution in [-0.4, -0.2) is 17.6 Å². The number of esters is 1. The summed E-state index contributed by atoms with van der Waals surface area (Å²) in [5, 5.41) is 9.02. The van der Waals surface area contributed by atoms with Gasteiger partial charge in [-0.25, -0.2) is 13.6 Å². The van der Waals surface area contributed by atoms with E-state index in [4.69, 9.17) is 11.0 Å². The topological polar surface area (TPSA) is 81.0 Å². The minimum absolute atomic E-state index is 0.0158. The third-order valence-corrected chi connectivity index (χ3v) is 3.74. The highest BCUT2D eigenvalue weighted by molar-refractivity contribution is 9.10. The van der Waals surface area contributed by atoms with Crippen LogP contribution in [0.2, 0.25) is 0 Å². The van der Waals surface area contributed by atoms with Crippen molar-refractivity contribution in [1.29, 1.82) is 5.26 Å². The minimum atomic E-state index is -0.870. The van der Waals surface area contributed by atoms with Gasteiger partial charge in [-0.1, -0.05) is 0 Å². The van der Waals surface area contributed by atoms with Crippen LogP contribution in [0.1, 0.15) is 21.6 Å². The van der Waals surface area contributed by atoms with Gasteiger partial charge in [-0.2, -0.15) is 5.26 Å². The second-order valence-electron chi connectivity index (χ2n) is 4.41. The number of nitrogens with two attached hydrogens (primary N) is 1. The number of nitriles is 1. The van der Waals surface area contributed by atoms with Gasteiger partial charge in [0, 0.05) is 11.8 Å². The fraction of sp³-hybridized carbons (Fsp3) is 0.143. The fourth-order valence-electron chi connectivity index (χ4n) is 1.99. The van der Waals surface area contributed by atoms with Crippen LogP contribution in [0.25, 0.3) is 5.69 Å². The van der Waals surface area contributed by atoms with E-state index in [-0.39, 0.29) is 32.7 Å². The van der Waals surface area contributed by atoms with Gasteiger partial charge in [0.25, 0.3) is 0 Å². The maximum atomic E-state index is 14.4. The number of rotatable bonds is 2. The van der Waals surface area contributed by atoms with Crippen LogP contribution in [0.3, 0.4) is 0 Å².